The summed E-state index contributed by atoms with van der Waals surface area (Å²) >= 11 is 7.69. The fourth-order valence-corrected chi connectivity index (χ4v) is 7.23. The number of carbonyl (C=O) groups excluding carboxylic acids is 1. The van der Waals surface area contributed by atoms with Crippen molar-refractivity contribution >= 4 is 54.2 Å². The highest BCUT2D eigenvalue weighted by Crippen LogP contribution is 2.37. The summed E-state index contributed by atoms with van der Waals surface area (Å²) in [5.74, 6) is -2.13. The molecule has 1 amide bonds. The first-order chi connectivity index (χ1) is 17.6. The van der Waals surface area contributed by atoms with Crippen LogP contribution in [0.2, 0.25) is 5.02 Å². The van der Waals surface area contributed by atoms with Crippen molar-refractivity contribution in [1.29, 1.82) is 0 Å². The van der Waals surface area contributed by atoms with Crippen molar-refractivity contribution in [2.75, 3.05) is 18.0 Å². The molecule has 1 fully saturated rings. The number of rotatable bonds is 6. The minimum Gasteiger partial charge on any atom is -0.467 e. The molecule has 37 heavy (non-hydrogen) atoms. The number of carbonyl (C=O) groups is 1. The quantitative estimate of drug-likeness (QED) is 0.297. The van der Waals surface area contributed by atoms with Crippen LogP contribution in [0.5, 0.6) is 0 Å². The van der Waals surface area contributed by atoms with Gasteiger partial charge < -0.3 is 4.42 Å². The number of nitrogens with zero attached hydrogens (tertiary/aromatic N) is 3. The average Bonchev–Trinajstić information content (AvgIpc) is 3.55. The molecule has 0 bridgehead atoms. The van der Waals surface area contributed by atoms with E-state index in [2.05, 4.69) is 0 Å². The van der Waals surface area contributed by atoms with Gasteiger partial charge in [-0.3, -0.25) is 9.69 Å². The first kappa shape index (κ1) is 25.8. The van der Waals surface area contributed by atoms with Crippen LogP contribution < -0.4 is 4.90 Å². The third kappa shape index (κ3) is 5.00. The number of fused-ring (bicyclic) bond motifs is 1. The largest absolute Gasteiger partial charge is 0.467 e. The Hall–Kier alpha value is -2.86. The minimum atomic E-state index is -4.17. The molecular weight excluding hydrogens is 544 g/mol. The normalized spacial score (nSPS) is 15.4. The second kappa shape index (κ2) is 10.1. The zero-order valence-corrected chi connectivity index (χ0v) is 22.0. The van der Waals surface area contributed by atoms with E-state index in [0.29, 0.717) is 27.5 Å². The smallest absolute Gasteiger partial charge is 0.245 e. The van der Waals surface area contributed by atoms with Crippen LogP contribution in [0.3, 0.4) is 0 Å². The van der Waals surface area contributed by atoms with Gasteiger partial charge in [-0.1, -0.05) is 29.0 Å². The van der Waals surface area contributed by atoms with Crippen LogP contribution in [0.15, 0.2) is 58.0 Å². The van der Waals surface area contributed by atoms with Gasteiger partial charge >= 0.3 is 0 Å². The second-order valence-electron chi connectivity index (χ2n) is 8.80. The Balaban J connectivity index is 1.39. The van der Waals surface area contributed by atoms with Gasteiger partial charge in [-0.05, 0) is 55.7 Å². The molecule has 0 N–H and O–H groups in total. The molecule has 12 heteroatoms. The number of anilines is 1. The number of hydrogen-bond acceptors (Lipinski definition) is 6. The molecule has 0 saturated carbocycles. The minimum absolute atomic E-state index is 0.0227. The van der Waals surface area contributed by atoms with Crippen LogP contribution in [0.25, 0.3) is 10.2 Å². The van der Waals surface area contributed by atoms with E-state index < -0.39 is 32.5 Å². The molecule has 3 heterocycles. The number of aromatic nitrogens is 1. The monoisotopic (exact) mass is 565 g/mol. The Kier molecular flexibility index (Phi) is 7.06. The predicted molar refractivity (Wildman–Crippen MR) is 137 cm³/mol. The number of halogens is 3. The molecule has 1 aliphatic heterocycles. The van der Waals surface area contributed by atoms with Gasteiger partial charge in [0.1, 0.15) is 22.3 Å². The number of furan rings is 1. The maximum Gasteiger partial charge on any atom is 0.245 e. The average molecular weight is 566 g/mol. The lowest BCUT2D eigenvalue weighted by molar-refractivity contribution is -0.123. The molecular formula is C25H22ClF2N3O4S2. The molecule has 1 saturated heterocycles. The van der Waals surface area contributed by atoms with Gasteiger partial charge in [-0.25, -0.2) is 22.2 Å². The van der Waals surface area contributed by atoms with Crippen LogP contribution in [0.1, 0.15) is 24.2 Å². The number of aryl methyl sites for hydroxylation is 1. The van der Waals surface area contributed by atoms with E-state index in [-0.39, 0.29) is 38.4 Å². The summed E-state index contributed by atoms with van der Waals surface area (Å²) < 4.78 is 60.8. The van der Waals surface area contributed by atoms with Gasteiger partial charge in [0.2, 0.25) is 15.9 Å². The molecule has 0 unspecified atom stereocenters. The van der Waals surface area contributed by atoms with Crippen molar-refractivity contribution in [3.63, 3.8) is 0 Å². The Morgan fingerprint density at radius 2 is 1.97 bits per heavy atom. The van der Waals surface area contributed by atoms with Crippen LogP contribution in [-0.2, 0) is 21.4 Å². The fraction of sp³-hybridized carbons (Fsp3) is 0.280. The van der Waals surface area contributed by atoms with Crippen molar-refractivity contribution in [1.82, 2.24) is 9.29 Å². The summed E-state index contributed by atoms with van der Waals surface area (Å²) in [7, 11) is -4.17. The third-order valence-electron chi connectivity index (χ3n) is 6.39. The topological polar surface area (TPSA) is 83.7 Å². The zero-order chi connectivity index (χ0) is 26.3. The van der Waals surface area contributed by atoms with E-state index in [4.69, 9.17) is 21.0 Å². The molecule has 5 rings (SSSR count). The molecule has 0 radical (unpaired) electrons. The van der Waals surface area contributed by atoms with Gasteiger partial charge in [0.05, 0.1) is 28.0 Å². The van der Waals surface area contributed by atoms with Crippen LogP contribution in [0.4, 0.5) is 13.9 Å². The first-order valence-electron chi connectivity index (χ1n) is 11.5. The summed E-state index contributed by atoms with van der Waals surface area (Å²) in [5.41, 5.74) is 1.64. The number of sulfonamides is 1. The summed E-state index contributed by atoms with van der Waals surface area (Å²) in [6, 6.07) is 9.52. The fourth-order valence-electron chi connectivity index (χ4n) is 4.39. The lowest BCUT2D eigenvalue weighted by Crippen LogP contribution is -2.44. The maximum absolute atomic E-state index is 14.2. The van der Waals surface area contributed by atoms with E-state index in [1.807, 2.05) is 13.0 Å². The Morgan fingerprint density at radius 1 is 1.22 bits per heavy atom. The number of benzene rings is 2. The van der Waals surface area contributed by atoms with Gasteiger partial charge in [0.25, 0.3) is 0 Å². The summed E-state index contributed by atoms with van der Waals surface area (Å²) in [6.45, 7) is 2.12. The van der Waals surface area contributed by atoms with E-state index in [1.165, 1.54) is 17.6 Å². The third-order valence-corrected chi connectivity index (χ3v) is 9.86. The maximum atomic E-state index is 14.2. The van der Waals surface area contributed by atoms with Gasteiger partial charge in [-0.2, -0.15) is 4.31 Å². The summed E-state index contributed by atoms with van der Waals surface area (Å²) in [5, 5.41) is 1.01. The standard InChI is InChI=1S/C25H22ClF2N3O4S2/c1-15-4-6-19(26)23-22(15)29-25(36-23)31(14-18-3-2-12-35-18)24(32)16-8-10-30(11-9-16)37(33,34)21-7-5-17(27)13-20(21)28/h2-7,12-13,16H,8-11,14H2,1H3. The molecule has 0 atom stereocenters. The highest BCUT2D eigenvalue weighted by Gasteiger charge is 2.36. The number of thiazole rings is 1. The van der Waals surface area contributed by atoms with E-state index in [1.54, 1.807) is 23.1 Å². The summed E-state index contributed by atoms with van der Waals surface area (Å²) in [4.78, 5) is 19.4. The first-order valence-corrected chi connectivity index (χ1v) is 14.1. The Morgan fingerprint density at radius 3 is 2.62 bits per heavy atom. The van der Waals surface area contributed by atoms with Gasteiger partial charge in [0.15, 0.2) is 5.13 Å². The van der Waals surface area contributed by atoms with Gasteiger partial charge in [-0.15, -0.1) is 0 Å². The highest BCUT2D eigenvalue weighted by atomic mass is 35.5. The number of amides is 1. The van der Waals surface area contributed by atoms with Crippen molar-refractivity contribution in [2.24, 2.45) is 5.92 Å². The molecule has 1 aliphatic rings. The SMILES string of the molecule is Cc1ccc(Cl)c2sc(N(Cc3ccco3)C(=O)C3CCN(S(=O)(=O)c4ccc(F)cc4F)CC3)nc12. The van der Waals surface area contributed by atoms with Crippen molar-refractivity contribution in [2.45, 2.75) is 31.2 Å². The van der Waals surface area contributed by atoms with E-state index in [9.17, 15) is 22.0 Å². The molecule has 2 aromatic heterocycles. The molecule has 194 valence electrons. The lowest BCUT2D eigenvalue weighted by Gasteiger charge is -2.32. The van der Waals surface area contributed by atoms with Gasteiger partial charge in [0, 0.05) is 25.1 Å². The van der Waals surface area contributed by atoms with E-state index >= 15 is 0 Å². The molecule has 0 spiro atoms. The van der Waals surface area contributed by atoms with Crippen molar-refractivity contribution in [3.8, 4) is 0 Å². The Bertz CT molecular complexity index is 1530. The Labute approximate surface area is 221 Å². The molecule has 2 aromatic carbocycles. The predicted octanol–water partition coefficient (Wildman–Crippen LogP) is 5.76. The summed E-state index contributed by atoms with van der Waals surface area (Å²) in [6.07, 6.45) is 2.00. The van der Waals surface area contributed by atoms with Crippen molar-refractivity contribution in [3.05, 3.63) is 76.7 Å². The van der Waals surface area contributed by atoms with E-state index in [0.717, 1.165) is 26.7 Å². The zero-order valence-electron chi connectivity index (χ0n) is 19.7. The highest BCUT2D eigenvalue weighted by molar-refractivity contribution is 7.89. The lowest BCUT2D eigenvalue weighted by atomic mass is 9.96. The number of hydrogen-bond donors (Lipinski definition) is 0. The second-order valence-corrected chi connectivity index (χ2v) is 12.1. The van der Waals surface area contributed by atoms with Crippen LogP contribution in [-0.4, -0.2) is 36.7 Å². The molecule has 4 aromatic rings. The van der Waals surface area contributed by atoms with Crippen LogP contribution in [0, 0.1) is 24.5 Å². The van der Waals surface area contributed by atoms with Crippen LogP contribution >= 0.6 is 22.9 Å². The van der Waals surface area contributed by atoms with Crippen molar-refractivity contribution < 1.29 is 26.4 Å². The number of piperidine rings is 1. The molecule has 0 aliphatic carbocycles. The molecule has 7 nitrogen and oxygen atoms in total.